The van der Waals surface area contributed by atoms with E-state index in [1.807, 2.05) is 13.8 Å². The molecule has 0 aromatic carbocycles. The highest BCUT2D eigenvalue weighted by atomic mass is 16.3. The lowest BCUT2D eigenvalue weighted by molar-refractivity contribution is -0.135. The second kappa shape index (κ2) is 6.90. The van der Waals surface area contributed by atoms with Crippen molar-refractivity contribution in [2.75, 3.05) is 4.90 Å². The van der Waals surface area contributed by atoms with Crippen LogP contribution in [0.15, 0.2) is 6.20 Å². The van der Waals surface area contributed by atoms with Gasteiger partial charge in [0.05, 0.1) is 23.5 Å². The minimum atomic E-state index is -0.909. The monoisotopic (exact) mass is 337 g/mol. The lowest BCUT2D eigenvalue weighted by atomic mass is 9.89. The van der Waals surface area contributed by atoms with Gasteiger partial charge in [-0.25, -0.2) is 5.84 Å². The number of piperidine rings is 1. The molecule has 2 amide bonds. The number of carbonyl (C=O) groups is 2. The maximum Gasteiger partial charge on any atom is 0.246 e. The van der Waals surface area contributed by atoms with E-state index in [9.17, 15) is 14.7 Å². The maximum absolute atomic E-state index is 12.9. The van der Waals surface area contributed by atoms with E-state index in [0.717, 1.165) is 12.8 Å². The Kier molecular flexibility index (Phi) is 5.29. The summed E-state index contributed by atoms with van der Waals surface area (Å²) >= 11 is 0. The summed E-state index contributed by atoms with van der Waals surface area (Å²) in [6.45, 7) is 7.56. The van der Waals surface area contributed by atoms with Gasteiger partial charge >= 0.3 is 0 Å². The number of hydrogen-bond acceptors (Lipinski definition) is 5. The van der Waals surface area contributed by atoms with Gasteiger partial charge in [0.2, 0.25) is 11.8 Å². The van der Waals surface area contributed by atoms with Crippen LogP contribution in [-0.2, 0) is 16.1 Å². The van der Waals surface area contributed by atoms with Crippen molar-refractivity contribution in [1.29, 1.82) is 0 Å². The zero-order chi connectivity index (χ0) is 18.1. The topological polar surface area (TPSA) is 113 Å². The van der Waals surface area contributed by atoms with Gasteiger partial charge in [0, 0.05) is 12.2 Å². The first-order valence-corrected chi connectivity index (χ1v) is 8.28. The molecule has 0 saturated carbocycles. The standard InChI is InChI=1S/C16H27N5O3/c1-5-11-6-7-12(14(22)18-17)15(23)21(11)13-8-20(19-10(13)2)9-16(3,4)24/h8,11-12,24H,5-7,9,17H2,1-4H3,(H,18,22). The number of carbonyl (C=O) groups excluding carboxylic acids is 2. The Morgan fingerprint density at radius 2 is 2.17 bits per heavy atom. The number of hydrazine groups is 1. The van der Waals surface area contributed by atoms with Crippen LogP contribution in [0.1, 0.15) is 45.7 Å². The molecule has 1 saturated heterocycles. The number of aliphatic hydroxyl groups is 1. The summed E-state index contributed by atoms with van der Waals surface area (Å²) in [7, 11) is 0. The van der Waals surface area contributed by atoms with E-state index < -0.39 is 17.4 Å². The third-order valence-corrected chi connectivity index (χ3v) is 4.35. The molecule has 1 fully saturated rings. The molecule has 1 aliphatic rings. The van der Waals surface area contributed by atoms with Crippen LogP contribution in [0.5, 0.6) is 0 Å². The fourth-order valence-electron chi connectivity index (χ4n) is 3.23. The van der Waals surface area contributed by atoms with Crippen molar-refractivity contribution in [3.8, 4) is 0 Å². The van der Waals surface area contributed by atoms with E-state index in [2.05, 4.69) is 10.5 Å². The second-order valence-corrected chi connectivity index (χ2v) is 7.02. The summed E-state index contributed by atoms with van der Waals surface area (Å²) in [4.78, 5) is 26.4. The fraction of sp³-hybridized carbons (Fsp3) is 0.688. The van der Waals surface area contributed by atoms with Crippen molar-refractivity contribution in [2.24, 2.45) is 11.8 Å². The molecule has 1 aromatic heterocycles. The lowest BCUT2D eigenvalue weighted by Crippen LogP contribution is -2.53. The highest BCUT2D eigenvalue weighted by Crippen LogP contribution is 2.32. The van der Waals surface area contributed by atoms with Crippen molar-refractivity contribution in [3.05, 3.63) is 11.9 Å². The molecule has 134 valence electrons. The van der Waals surface area contributed by atoms with Gasteiger partial charge in [0.1, 0.15) is 5.92 Å². The Morgan fingerprint density at radius 1 is 1.50 bits per heavy atom. The van der Waals surface area contributed by atoms with Gasteiger partial charge in [-0.1, -0.05) is 6.92 Å². The highest BCUT2D eigenvalue weighted by Gasteiger charge is 2.40. The van der Waals surface area contributed by atoms with Gasteiger partial charge < -0.3 is 10.0 Å². The van der Waals surface area contributed by atoms with Gasteiger partial charge in [-0.15, -0.1) is 0 Å². The molecule has 4 N–H and O–H groups in total. The molecule has 8 nitrogen and oxygen atoms in total. The number of nitrogens with two attached hydrogens (primary N) is 1. The number of aromatic nitrogens is 2. The Bertz CT molecular complexity index is 620. The number of anilines is 1. The highest BCUT2D eigenvalue weighted by molar-refractivity contribution is 6.08. The molecule has 0 aliphatic carbocycles. The van der Waals surface area contributed by atoms with Crippen LogP contribution in [0.4, 0.5) is 5.69 Å². The van der Waals surface area contributed by atoms with Gasteiger partial charge in [-0.2, -0.15) is 5.10 Å². The largest absolute Gasteiger partial charge is 0.389 e. The van der Waals surface area contributed by atoms with Crippen molar-refractivity contribution in [2.45, 2.75) is 65.1 Å². The van der Waals surface area contributed by atoms with Crippen molar-refractivity contribution < 1.29 is 14.7 Å². The van der Waals surface area contributed by atoms with Crippen LogP contribution in [0.2, 0.25) is 0 Å². The molecule has 2 unspecified atom stereocenters. The Balaban J connectivity index is 2.35. The molecule has 24 heavy (non-hydrogen) atoms. The Labute approximate surface area is 142 Å². The average Bonchev–Trinajstić information content (AvgIpc) is 2.83. The van der Waals surface area contributed by atoms with Gasteiger partial charge in [0.15, 0.2) is 0 Å². The van der Waals surface area contributed by atoms with E-state index in [4.69, 9.17) is 5.84 Å². The lowest BCUT2D eigenvalue weighted by Gasteiger charge is -2.37. The number of aryl methyl sites for hydroxylation is 1. The van der Waals surface area contributed by atoms with E-state index in [-0.39, 0.29) is 11.9 Å². The first-order chi connectivity index (χ1) is 11.2. The molecule has 0 spiro atoms. The van der Waals surface area contributed by atoms with Crippen molar-refractivity contribution in [3.63, 3.8) is 0 Å². The van der Waals surface area contributed by atoms with Crippen LogP contribution in [-0.4, -0.2) is 38.3 Å². The first kappa shape index (κ1) is 18.4. The smallest absolute Gasteiger partial charge is 0.246 e. The van der Waals surface area contributed by atoms with Crippen LogP contribution in [0, 0.1) is 12.8 Å². The minimum absolute atomic E-state index is 0.0258. The number of amides is 2. The summed E-state index contributed by atoms with van der Waals surface area (Å²) in [6.07, 6.45) is 3.78. The maximum atomic E-state index is 12.9. The van der Waals surface area contributed by atoms with Gasteiger partial charge in [0.25, 0.3) is 0 Å². The molecule has 2 heterocycles. The summed E-state index contributed by atoms with van der Waals surface area (Å²) in [5.74, 6) is 3.73. The normalized spacial score (nSPS) is 21.9. The molecule has 1 aromatic rings. The quantitative estimate of drug-likeness (QED) is 0.313. The second-order valence-electron chi connectivity index (χ2n) is 7.02. The Morgan fingerprint density at radius 3 is 2.71 bits per heavy atom. The predicted octanol–water partition coefficient (Wildman–Crippen LogP) is 0.474. The summed E-state index contributed by atoms with van der Waals surface area (Å²) in [5, 5.41) is 14.4. The first-order valence-electron chi connectivity index (χ1n) is 8.28. The molecular formula is C16H27N5O3. The van der Waals surface area contributed by atoms with E-state index >= 15 is 0 Å². The van der Waals surface area contributed by atoms with E-state index in [1.165, 1.54) is 0 Å². The van der Waals surface area contributed by atoms with Crippen LogP contribution < -0.4 is 16.2 Å². The van der Waals surface area contributed by atoms with Crippen LogP contribution >= 0.6 is 0 Å². The summed E-state index contributed by atoms with van der Waals surface area (Å²) < 4.78 is 1.64. The Hall–Kier alpha value is -1.93. The minimum Gasteiger partial charge on any atom is -0.389 e. The zero-order valence-electron chi connectivity index (χ0n) is 14.7. The van der Waals surface area contributed by atoms with Crippen LogP contribution in [0.3, 0.4) is 0 Å². The third-order valence-electron chi connectivity index (χ3n) is 4.35. The van der Waals surface area contributed by atoms with Gasteiger partial charge in [-0.05, 0) is 40.0 Å². The summed E-state index contributed by atoms with van der Waals surface area (Å²) in [5.41, 5.74) is 2.55. The van der Waals surface area contributed by atoms with Crippen LogP contribution in [0.25, 0.3) is 0 Å². The fourth-order valence-corrected chi connectivity index (χ4v) is 3.23. The predicted molar refractivity (Wildman–Crippen MR) is 89.9 cm³/mol. The van der Waals surface area contributed by atoms with Crippen molar-refractivity contribution in [1.82, 2.24) is 15.2 Å². The number of nitrogens with zero attached hydrogens (tertiary/aromatic N) is 3. The molecule has 0 radical (unpaired) electrons. The van der Waals surface area contributed by atoms with E-state index in [1.54, 1.807) is 29.6 Å². The number of nitrogens with one attached hydrogen (secondary N) is 1. The van der Waals surface area contributed by atoms with E-state index in [0.29, 0.717) is 24.3 Å². The zero-order valence-corrected chi connectivity index (χ0v) is 14.7. The molecule has 0 bridgehead atoms. The van der Waals surface area contributed by atoms with Crippen molar-refractivity contribution >= 4 is 17.5 Å². The molecule has 8 heteroatoms. The summed E-state index contributed by atoms with van der Waals surface area (Å²) in [6, 6.07) is 0.0258. The molecule has 2 atom stereocenters. The average molecular weight is 337 g/mol. The third kappa shape index (κ3) is 3.76. The molecule has 2 rings (SSSR count). The molecular weight excluding hydrogens is 310 g/mol. The van der Waals surface area contributed by atoms with Gasteiger partial charge in [-0.3, -0.25) is 19.7 Å². The number of hydrogen-bond donors (Lipinski definition) is 3. The molecule has 1 aliphatic heterocycles. The SMILES string of the molecule is CCC1CCC(C(=O)NN)C(=O)N1c1cn(CC(C)(C)O)nc1C. The number of rotatable bonds is 5.